The van der Waals surface area contributed by atoms with Crippen molar-refractivity contribution in [2.75, 3.05) is 0 Å². The molecule has 1 aromatic carbocycles. The van der Waals surface area contributed by atoms with Crippen LogP contribution in [0.15, 0.2) is 21.1 Å². The first-order valence-corrected chi connectivity index (χ1v) is 5.32. The van der Waals surface area contributed by atoms with E-state index < -0.39 is 10.9 Å². The van der Waals surface area contributed by atoms with Crippen LogP contribution in [0.5, 0.6) is 5.75 Å². The van der Waals surface area contributed by atoms with Crippen molar-refractivity contribution in [1.82, 2.24) is 0 Å². The number of carbonyl (C=O) groups excluding carboxylic acids is 1. The van der Waals surface area contributed by atoms with E-state index in [-0.39, 0.29) is 11.4 Å². The Morgan fingerprint density at radius 1 is 1.47 bits per heavy atom. The SMILES string of the molecule is CC(=O)Oc1c(Br)cc(Br)cc1[N+](=O)[O-]. The van der Waals surface area contributed by atoms with Crippen LogP contribution in [0, 0.1) is 10.1 Å². The molecule has 0 amide bonds. The highest BCUT2D eigenvalue weighted by atomic mass is 79.9. The van der Waals surface area contributed by atoms with Crippen molar-refractivity contribution < 1.29 is 14.5 Å². The lowest BCUT2D eigenvalue weighted by atomic mass is 10.3. The second-order valence-corrected chi connectivity index (χ2v) is 4.36. The van der Waals surface area contributed by atoms with Crippen LogP contribution in [0.2, 0.25) is 0 Å². The Balaban J connectivity index is 3.33. The Morgan fingerprint density at radius 3 is 2.53 bits per heavy atom. The van der Waals surface area contributed by atoms with E-state index in [9.17, 15) is 14.9 Å². The summed E-state index contributed by atoms with van der Waals surface area (Å²) in [5.74, 6) is -0.697. The molecule has 0 saturated heterocycles. The predicted octanol–water partition coefficient (Wildman–Crippen LogP) is 3.05. The molecule has 0 radical (unpaired) electrons. The molecule has 0 N–H and O–H groups in total. The van der Waals surface area contributed by atoms with E-state index in [1.54, 1.807) is 6.07 Å². The molecular weight excluding hydrogens is 334 g/mol. The average molecular weight is 339 g/mol. The maximum absolute atomic E-state index is 10.7. The molecule has 0 aliphatic heterocycles. The number of halogens is 2. The highest BCUT2D eigenvalue weighted by Crippen LogP contribution is 2.37. The number of hydrogen-bond donors (Lipinski definition) is 0. The third-order valence-electron chi connectivity index (χ3n) is 1.43. The standard InChI is InChI=1S/C8H5Br2NO4/c1-4(12)15-8-6(10)2-5(9)3-7(8)11(13)14/h2-3H,1H3. The van der Waals surface area contributed by atoms with Gasteiger partial charge >= 0.3 is 11.7 Å². The van der Waals surface area contributed by atoms with Crippen molar-refractivity contribution in [3.05, 3.63) is 31.2 Å². The topological polar surface area (TPSA) is 69.4 Å². The molecule has 15 heavy (non-hydrogen) atoms. The lowest BCUT2D eigenvalue weighted by Crippen LogP contribution is -2.04. The Morgan fingerprint density at radius 2 is 2.07 bits per heavy atom. The summed E-state index contributed by atoms with van der Waals surface area (Å²) in [5.41, 5.74) is -0.272. The van der Waals surface area contributed by atoms with Gasteiger partial charge in [0, 0.05) is 17.5 Å². The average Bonchev–Trinajstić information content (AvgIpc) is 2.08. The molecule has 7 heteroatoms. The Bertz CT molecular complexity index is 433. The smallest absolute Gasteiger partial charge is 0.314 e. The molecule has 0 aliphatic rings. The molecule has 0 aliphatic carbocycles. The van der Waals surface area contributed by atoms with E-state index in [2.05, 4.69) is 31.9 Å². The quantitative estimate of drug-likeness (QED) is 0.359. The second kappa shape index (κ2) is 4.71. The zero-order valence-electron chi connectivity index (χ0n) is 7.49. The van der Waals surface area contributed by atoms with Gasteiger partial charge in [-0.15, -0.1) is 0 Å². The van der Waals surface area contributed by atoms with Crippen LogP contribution in [-0.2, 0) is 4.79 Å². The molecule has 0 spiro atoms. The van der Waals surface area contributed by atoms with Crippen LogP contribution in [0.4, 0.5) is 5.69 Å². The number of rotatable bonds is 2. The first-order chi connectivity index (χ1) is 6.91. The van der Waals surface area contributed by atoms with Crippen molar-refractivity contribution in [2.24, 2.45) is 0 Å². The number of carbonyl (C=O) groups is 1. The van der Waals surface area contributed by atoms with Gasteiger partial charge in [-0.1, -0.05) is 15.9 Å². The molecule has 80 valence electrons. The monoisotopic (exact) mass is 337 g/mol. The number of ether oxygens (including phenoxy) is 1. The first-order valence-electron chi connectivity index (χ1n) is 3.73. The van der Waals surface area contributed by atoms with Crippen molar-refractivity contribution in [1.29, 1.82) is 0 Å². The number of nitro benzene ring substituents is 1. The van der Waals surface area contributed by atoms with Crippen LogP contribution in [0.25, 0.3) is 0 Å². The third kappa shape index (κ3) is 3.00. The van der Waals surface area contributed by atoms with Crippen LogP contribution in [0.1, 0.15) is 6.92 Å². The predicted molar refractivity (Wildman–Crippen MR) is 59.8 cm³/mol. The molecule has 0 atom stereocenters. The van der Waals surface area contributed by atoms with Gasteiger partial charge in [0.05, 0.1) is 9.40 Å². The summed E-state index contributed by atoms with van der Waals surface area (Å²) in [7, 11) is 0. The zero-order valence-corrected chi connectivity index (χ0v) is 10.7. The van der Waals surface area contributed by atoms with E-state index in [4.69, 9.17) is 4.74 Å². The molecule has 0 saturated carbocycles. The lowest BCUT2D eigenvalue weighted by molar-refractivity contribution is -0.385. The summed E-state index contributed by atoms with van der Waals surface area (Å²) in [6, 6.07) is 2.83. The molecular formula is C8H5Br2NO4. The minimum absolute atomic E-state index is 0.0873. The van der Waals surface area contributed by atoms with Crippen LogP contribution in [0.3, 0.4) is 0 Å². The zero-order chi connectivity index (χ0) is 11.6. The molecule has 5 nitrogen and oxygen atoms in total. The van der Waals surface area contributed by atoms with Gasteiger partial charge in [-0.25, -0.2) is 0 Å². The van der Waals surface area contributed by atoms with Gasteiger partial charge in [0.2, 0.25) is 5.75 Å². The fraction of sp³-hybridized carbons (Fsp3) is 0.125. The summed E-state index contributed by atoms with van der Waals surface area (Å²) in [6.07, 6.45) is 0. The number of nitro groups is 1. The Kier molecular flexibility index (Phi) is 3.81. The van der Waals surface area contributed by atoms with Crippen LogP contribution in [-0.4, -0.2) is 10.9 Å². The molecule has 1 aromatic rings. The molecule has 0 aromatic heterocycles. The molecule has 0 unspecified atom stereocenters. The van der Waals surface area contributed by atoms with Crippen LogP contribution >= 0.6 is 31.9 Å². The number of benzene rings is 1. The second-order valence-electron chi connectivity index (χ2n) is 2.59. The molecule has 0 fully saturated rings. The van der Waals surface area contributed by atoms with Crippen molar-refractivity contribution >= 4 is 43.5 Å². The summed E-state index contributed by atoms with van der Waals surface area (Å²) < 4.78 is 5.62. The number of esters is 1. The highest BCUT2D eigenvalue weighted by molar-refractivity contribution is 9.11. The molecule has 0 bridgehead atoms. The van der Waals surface area contributed by atoms with Crippen molar-refractivity contribution in [3.8, 4) is 5.75 Å². The third-order valence-corrected chi connectivity index (χ3v) is 2.48. The van der Waals surface area contributed by atoms with E-state index >= 15 is 0 Å². The van der Waals surface area contributed by atoms with Gasteiger partial charge in [-0.2, -0.15) is 0 Å². The maximum Gasteiger partial charge on any atom is 0.314 e. The largest absolute Gasteiger partial charge is 0.418 e. The van der Waals surface area contributed by atoms with Gasteiger partial charge in [-0.3, -0.25) is 14.9 Å². The van der Waals surface area contributed by atoms with E-state index in [1.807, 2.05) is 0 Å². The van der Waals surface area contributed by atoms with Crippen molar-refractivity contribution in [2.45, 2.75) is 6.92 Å². The number of hydrogen-bond acceptors (Lipinski definition) is 4. The minimum Gasteiger partial charge on any atom is -0.418 e. The lowest BCUT2D eigenvalue weighted by Gasteiger charge is -2.05. The molecule has 1 rings (SSSR count). The van der Waals surface area contributed by atoms with E-state index in [0.29, 0.717) is 8.95 Å². The van der Waals surface area contributed by atoms with Gasteiger partial charge in [0.25, 0.3) is 0 Å². The first kappa shape index (κ1) is 12.1. The number of nitrogens with zero attached hydrogens (tertiary/aromatic N) is 1. The van der Waals surface area contributed by atoms with Gasteiger partial charge < -0.3 is 4.74 Å². The fourth-order valence-electron chi connectivity index (χ4n) is 0.927. The summed E-state index contributed by atoms with van der Waals surface area (Å²) in [6.45, 7) is 1.18. The summed E-state index contributed by atoms with van der Waals surface area (Å²) in [4.78, 5) is 20.8. The Hall–Kier alpha value is -0.950. The van der Waals surface area contributed by atoms with Crippen molar-refractivity contribution in [3.63, 3.8) is 0 Å². The fourth-order valence-corrected chi connectivity index (χ4v) is 2.21. The van der Waals surface area contributed by atoms with E-state index in [1.165, 1.54) is 13.0 Å². The van der Waals surface area contributed by atoms with Crippen LogP contribution < -0.4 is 4.74 Å². The highest BCUT2D eigenvalue weighted by Gasteiger charge is 2.21. The summed E-state index contributed by atoms with van der Waals surface area (Å²) >= 11 is 6.19. The van der Waals surface area contributed by atoms with Gasteiger partial charge in [0.15, 0.2) is 0 Å². The minimum atomic E-state index is -0.617. The summed E-state index contributed by atoms with van der Waals surface area (Å²) in [5, 5.41) is 10.7. The normalized spacial score (nSPS) is 9.80. The maximum atomic E-state index is 10.7. The van der Waals surface area contributed by atoms with E-state index in [0.717, 1.165) is 0 Å². The van der Waals surface area contributed by atoms with Gasteiger partial charge in [0.1, 0.15) is 0 Å². The Labute approximate surface area is 102 Å². The van der Waals surface area contributed by atoms with Gasteiger partial charge in [-0.05, 0) is 22.0 Å². The molecule has 0 heterocycles.